The summed E-state index contributed by atoms with van der Waals surface area (Å²) in [6, 6.07) is 7.15. The van der Waals surface area contributed by atoms with Crippen LogP contribution in [0.3, 0.4) is 0 Å². The van der Waals surface area contributed by atoms with Gasteiger partial charge in [-0.05, 0) is 24.3 Å². The van der Waals surface area contributed by atoms with E-state index in [1.807, 2.05) is 0 Å². The first-order chi connectivity index (χ1) is 9.68. The highest BCUT2D eigenvalue weighted by atomic mass is 19.1. The molecule has 104 valence electrons. The number of carbonyl (C=O) groups is 1. The number of halogens is 1. The maximum atomic E-state index is 13.4. The summed E-state index contributed by atoms with van der Waals surface area (Å²) in [7, 11) is 0. The summed E-state index contributed by atoms with van der Waals surface area (Å²) in [5.41, 5.74) is -0.367. The number of phenols is 1. The van der Waals surface area contributed by atoms with Crippen LogP contribution in [0.15, 0.2) is 42.7 Å². The molecule has 6 heteroatoms. The van der Waals surface area contributed by atoms with Crippen molar-refractivity contribution in [3.05, 3.63) is 54.1 Å². The van der Waals surface area contributed by atoms with Crippen LogP contribution in [-0.4, -0.2) is 29.1 Å². The van der Waals surface area contributed by atoms with Crippen LogP contribution in [0, 0.1) is 5.82 Å². The van der Waals surface area contributed by atoms with Gasteiger partial charge in [-0.3, -0.25) is 9.78 Å². The van der Waals surface area contributed by atoms with Crippen molar-refractivity contribution in [1.82, 2.24) is 10.3 Å². The van der Waals surface area contributed by atoms with Crippen molar-refractivity contribution in [2.45, 2.75) is 0 Å². The van der Waals surface area contributed by atoms with E-state index in [9.17, 15) is 14.3 Å². The summed E-state index contributed by atoms with van der Waals surface area (Å²) in [6.07, 6.45) is 3.17. The highest BCUT2D eigenvalue weighted by molar-refractivity contribution is 5.97. The molecule has 0 unspecified atom stereocenters. The molecule has 0 saturated heterocycles. The number of hydrogen-bond acceptors (Lipinski definition) is 4. The Morgan fingerprint density at radius 3 is 2.90 bits per heavy atom. The number of amides is 1. The number of nitrogens with zero attached hydrogens (tertiary/aromatic N) is 1. The lowest BCUT2D eigenvalue weighted by molar-refractivity contribution is 0.0940. The maximum absolute atomic E-state index is 13.4. The fraction of sp³-hybridized carbons (Fsp3) is 0.143. The number of aromatic hydroxyl groups is 1. The lowest BCUT2D eigenvalue weighted by Crippen LogP contribution is -2.28. The second kappa shape index (κ2) is 6.51. The number of hydrogen-bond donors (Lipinski definition) is 2. The van der Waals surface area contributed by atoms with E-state index in [1.54, 1.807) is 24.5 Å². The van der Waals surface area contributed by atoms with E-state index in [2.05, 4.69) is 10.3 Å². The Hall–Kier alpha value is -2.63. The molecular weight excluding hydrogens is 263 g/mol. The third-order valence-corrected chi connectivity index (χ3v) is 2.51. The van der Waals surface area contributed by atoms with Gasteiger partial charge in [0, 0.05) is 6.20 Å². The lowest BCUT2D eigenvalue weighted by atomic mass is 10.2. The second-order valence-corrected chi connectivity index (χ2v) is 3.93. The topological polar surface area (TPSA) is 71.5 Å². The van der Waals surface area contributed by atoms with Crippen molar-refractivity contribution in [2.24, 2.45) is 0 Å². The molecule has 20 heavy (non-hydrogen) atoms. The SMILES string of the molecule is O=C(NCCOc1cccnc1)c1c(O)cccc1F. The number of phenolic OH excluding ortho intramolecular Hbond substituents is 1. The molecule has 0 aliphatic rings. The quantitative estimate of drug-likeness (QED) is 0.816. The summed E-state index contributed by atoms with van der Waals surface area (Å²) in [5.74, 6) is -1.27. The minimum Gasteiger partial charge on any atom is -0.507 e. The Morgan fingerprint density at radius 1 is 1.35 bits per heavy atom. The summed E-state index contributed by atoms with van der Waals surface area (Å²) in [4.78, 5) is 15.6. The van der Waals surface area contributed by atoms with Crippen molar-refractivity contribution in [1.29, 1.82) is 0 Å². The van der Waals surface area contributed by atoms with E-state index in [1.165, 1.54) is 12.1 Å². The molecule has 1 heterocycles. The Balaban J connectivity index is 1.84. The highest BCUT2D eigenvalue weighted by Gasteiger charge is 2.15. The molecule has 2 N–H and O–H groups in total. The van der Waals surface area contributed by atoms with Crippen molar-refractivity contribution in [3.63, 3.8) is 0 Å². The van der Waals surface area contributed by atoms with E-state index >= 15 is 0 Å². The largest absolute Gasteiger partial charge is 0.507 e. The third-order valence-electron chi connectivity index (χ3n) is 2.51. The molecule has 0 fully saturated rings. The molecule has 1 aromatic carbocycles. The monoisotopic (exact) mass is 276 g/mol. The maximum Gasteiger partial charge on any atom is 0.258 e. The van der Waals surface area contributed by atoms with Gasteiger partial charge < -0.3 is 15.2 Å². The van der Waals surface area contributed by atoms with E-state index in [-0.39, 0.29) is 18.7 Å². The number of benzene rings is 1. The van der Waals surface area contributed by atoms with Gasteiger partial charge in [-0.15, -0.1) is 0 Å². The molecule has 0 aliphatic heterocycles. The predicted molar refractivity (Wildman–Crippen MR) is 70.1 cm³/mol. The van der Waals surface area contributed by atoms with Crippen molar-refractivity contribution in [3.8, 4) is 11.5 Å². The van der Waals surface area contributed by atoms with Crippen LogP contribution >= 0.6 is 0 Å². The zero-order valence-corrected chi connectivity index (χ0v) is 10.5. The van der Waals surface area contributed by atoms with Gasteiger partial charge in [0.05, 0.1) is 12.7 Å². The Kier molecular flexibility index (Phi) is 4.49. The van der Waals surface area contributed by atoms with Crippen molar-refractivity contribution in [2.75, 3.05) is 13.2 Å². The first-order valence-electron chi connectivity index (χ1n) is 5.97. The highest BCUT2D eigenvalue weighted by Crippen LogP contribution is 2.19. The Labute approximate surface area is 115 Å². The van der Waals surface area contributed by atoms with Crippen molar-refractivity contribution >= 4 is 5.91 Å². The normalized spacial score (nSPS) is 10.1. The summed E-state index contributed by atoms with van der Waals surface area (Å²) in [6.45, 7) is 0.397. The number of nitrogens with one attached hydrogen (secondary N) is 1. The van der Waals surface area contributed by atoms with Gasteiger partial charge in [0.2, 0.25) is 0 Å². The second-order valence-electron chi connectivity index (χ2n) is 3.93. The van der Waals surface area contributed by atoms with Gasteiger partial charge >= 0.3 is 0 Å². The van der Waals surface area contributed by atoms with E-state index in [0.717, 1.165) is 6.07 Å². The van der Waals surface area contributed by atoms with Crippen LogP contribution in [0.25, 0.3) is 0 Å². The standard InChI is InChI=1S/C14H13FN2O3/c15-11-4-1-5-12(18)13(11)14(19)17-7-8-20-10-3-2-6-16-9-10/h1-6,9,18H,7-8H2,(H,17,19). The molecule has 0 bridgehead atoms. The summed E-state index contributed by atoms with van der Waals surface area (Å²) in [5, 5.41) is 11.9. The number of carbonyl (C=O) groups excluding carboxylic acids is 1. The van der Waals surface area contributed by atoms with Gasteiger partial charge in [0.15, 0.2) is 0 Å². The number of aromatic nitrogens is 1. The van der Waals surface area contributed by atoms with Gasteiger partial charge in [-0.25, -0.2) is 4.39 Å². The van der Waals surface area contributed by atoms with Gasteiger partial charge in [-0.2, -0.15) is 0 Å². The fourth-order valence-electron chi connectivity index (χ4n) is 1.59. The zero-order chi connectivity index (χ0) is 14.4. The summed E-state index contributed by atoms with van der Waals surface area (Å²) < 4.78 is 18.7. The molecule has 1 aromatic heterocycles. The van der Waals surface area contributed by atoms with Gasteiger partial charge in [-0.1, -0.05) is 6.07 Å². The molecule has 1 amide bonds. The van der Waals surface area contributed by atoms with Crippen LogP contribution in [0.2, 0.25) is 0 Å². The van der Waals surface area contributed by atoms with Crippen LogP contribution < -0.4 is 10.1 Å². The molecule has 0 saturated carbocycles. The van der Waals surface area contributed by atoms with Gasteiger partial charge in [0.1, 0.15) is 29.5 Å². The molecule has 2 aromatic rings. The number of rotatable bonds is 5. The molecule has 2 rings (SSSR count). The van der Waals surface area contributed by atoms with Gasteiger partial charge in [0.25, 0.3) is 5.91 Å². The van der Waals surface area contributed by atoms with Crippen LogP contribution in [0.4, 0.5) is 4.39 Å². The first kappa shape index (κ1) is 13.8. The third kappa shape index (κ3) is 3.44. The van der Waals surface area contributed by atoms with Crippen LogP contribution in [0.1, 0.15) is 10.4 Å². The van der Waals surface area contributed by atoms with E-state index < -0.39 is 17.5 Å². The first-order valence-corrected chi connectivity index (χ1v) is 5.97. The van der Waals surface area contributed by atoms with Crippen LogP contribution in [-0.2, 0) is 0 Å². The molecule has 0 radical (unpaired) electrons. The molecular formula is C14H13FN2O3. The Bertz CT molecular complexity index is 570. The number of pyridine rings is 1. The average molecular weight is 276 g/mol. The lowest BCUT2D eigenvalue weighted by Gasteiger charge is -2.08. The molecule has 0 aliphatic carbocycles. The summed E-state index contributed by atoms with van der Waals surface area (Å²) >= 11 is 0. The van der Waals surface area contributed by atoms with Crippen molar-refractivity contribution < 1.29 is 19.0 Å². The van der Waals surface area contributed by atoms with Crippen LogP contribution in [0.5, 0.6) is 11.5 Å². The zero-order valence-electron chi connectivity index (χ0n) is 10.5. The predicted octanol–water partition coefficient (Wildman–Crippen LogP) is 1.74. The minimum atomic E-state index is -0.768. The smallest absolute Gasteiger partial charge is 0.258 e. The fourth-order valence-corrected chi connectivity index (χ4v) is 1.59. The molecule has 5 nitrogen and oxygen atoms in total. The molecule has 0 atom stereocenters. The van der Waals surface area contributed by atoms with E-state index in [4.69, 9.17) is 4.74 Å². The average Bonchev–Trinajstić information content (AvgIpc) is 2.44. The number of ether oxygens (including phenoxy) is 1. The van der Waals surface area contributed by atoms with E-state index in [0.29, 0.717) is 5.75 Å². The molecule has 0 spiro atoms. The minimum absolute atomic E-state index is 0.182. The Morgan fingerprint density at radius 2 is 2.20 bits per heavy atom.